The lowest BCUT2D eigenvalue weighted by Crippen LogP contribution is -2.27. The van der Waals surface area contributed by atoms with Crippen molar-refractivity contribution in [1.29, 1.82) is 0 Å². The number of methoxy groups -OCH3 is 1. The number of hydrazone groups is 1. The van der Waals surface area contributed by atoms with Crippen LogP contribution >= 0.6 is 12.2 Å². The minimum absolute atomic E-state index is 0.125. The predicted octanol–water partition coefficient (Wildman–Crippen LogP) is 3.49. The third-order valence-electron chi connectivity index (χ3n) is 5.39. The monoisotopic (exact) mass is 481 g/mol. The van der Waals surface area contributed by atoms with E-state index in [2.05, 4.69) is 15.4 Å². The van der Waals surface area contributed by atoms with Crippen LogP contribution in [-0.2, 0) is 4.79 Å². The van der Waals surface area contributed by atoms with Crippen molar-refractivity contribution in [1.82, 2.24) is 19.9 Å². The number of thiocarbonyl (C=S) groups is 1. The molecule has 0 saturated carbocycles. The van der Waals surface area contributed by atoms with Gasteiger partial charge in [0.1, 0.15) is 11.4 Å². The van der Waals surface area contributed by atoms with Crippen LogP contribution in [0.3, 0.4) is 0 Å². The highest BCUT2D eigenvalue weighted by Gasteiger charge is 2.30. The molecule has 0 bridgehead atoms. The summed E-state index contributed by atoms with van der Waals surface area (Å²) in [6, 6.07) is 23.5. The topological polar surface area (TPSA) is 88.8 Å². The molecule has 3 aromatic carbocycles. The summed E-state index contributed by atoms with van der Waals surface area (Å²) >= 11 is 5.33. The summed E-state index contributed by atoms with van der Waals surface area (Å²) in [6.45, 7) is 0. The van der Waals surface area contributed by atoms with Gasteiger partial charge in [-0.15, -0.1) is 0 Å². The van der Waals surface area contributed by atoms with Crippen molar-refractivity contribution in [3.63, 3.8) is 0 Å². The second-order valence-corrected chi connectivity index (χ2v) is 7.97. The van der Waals surface area contributed by atoms with Gasteiger partial charge in [0.15, 0.2) is 5.82 Å². The zero-order valence-corrected chi connectivity index (χ0v) is 19.4. The Morgan fingerprint density at radius 2 is 1.69 bits per heavy atom. The number of benzene rings is 3. The lowest BCUT2D eigenvalue weighted by atomic mass is 10.2. The molecule has 0 spiro atoms. The molecule has 0 unspecified atom stereocenters. The third-order valence-corrected chi connectivity index (χ3v) is 5.66. The van der Waals surface area contributed by atoms with E-state index in [9.17, 15) is 9.59 Å². The summed E-state index contributed by atoms with van der Waals surface area (Å²) in [5, 5.41) is 8.85. The Morgan fingerprint density at radius 1 is 0.971 bits per heavy atom. The van der Waals surface area contributed by atoms with Gasteiger partial charge in [-0.05, 0) is 60.3 Å². The van der Waals surface area contributed by atoms with Crippen LogP contribution in [0.2, 0.25) is 0 Å². The van der Waals surface area contributed by atoms with Crippen LogP contribution in [-0.4, -0.2) is 38.9 Å². The molecule has 1 fully saturated rings. The van der Waals surface area contributed by atoms with Crippen LogP contribution in [0, 0.1) is 0 Å². The fourth-order valence-electron chi connectivity index (χ4n) is 3.67. The van der Waals surface area contributed by atoms with Crippen LogP contribution in [0.4, 0.5) is 0 Å². The summed E-state index contributed by atoms with van der Waals surface area (Å²) in [6.07, 6.45) is 3.04. The maximum Gasteiger partial charge on any atom is 0.297 e. The molecule has 0 radical (unpaired) electrons. The van der Waals surface area contributed by atoms with E-state index in [0.717, 1.165) is 10.6 Å². The van der Waals surface area contributed by atoms with Crippen molar-refractivity contribution < 1.29 is 9.53 Å². The van der Waals surface area contributed by atoms with Gasteiger partial charge >= 0.3 is 0 Å². The minimum Gasteiger partial charge on any atom is -0.497 e. The molecule has 0 aliphatic carbocycles. The molecule has 172 valence electrons. The van der Waals surface area contributed by atoms with Crippen LogP contribution in [0.5, 0.6) is 5.75 Å². The smallest absolute Gasteiger partial charge is 0.297 e. The van der Waals surface area contributed by atoms with Crippen molar-refractivity contribution in [3.05, 3.63) is 106 Å². The number of amides is 1. The van der Waals surface area contributed by atoms with Gasteiger partial charge in [-0.3, -0.25) is 14.2 Å². The van der Waals surface area contributed by atoms with Crippen LogP contribution in [0.1, 0.15) is 11.4 Å². The average molecular weight is 482 g/mol. The van der Waals surface area contributed by atoms with Gasteiger partial charge in [0.2, 0.25) is 5.11 Å². The average Bonchev–Trinajstić information content (AvgIpc) is 3.15. The van der Waals surface area contributed by atoms with Crippen molar-refractivity contribution in [2.45, 2.75) is 0 Å². The highest BCUT2D eigenvalue weighted by molar-refractivity contribution is 7.80. The Balaban J connectivity index is 1.52. The number of nitrogens with one attached hydrogen (secondary N) is 1. The summed E-state index contributed by atoms with van der Waals surface area (Å²) in [5.74, 6) is 0.562. The number of ether oxygens (including phenoxy) is 1. The van der Waals surface area contributed by atoms with Crippen molar-refractivity contribution >= 4 is 46.4 Å². The molecule has 1 amide bonds. The molecule has 9 heteroatoms. The first-order chi connectivity index (χ1) is 17.0. The van der Waals surface area contributed by atoms with E-state index in [1.165, 1.54) is 10.8 Å². The van der Waals surface area contributed by atoms with E-state index in [4.69, 9.17) is 17.0 Å². The van der Waals surface area contributed by atoms with Crippen LogP contribution < -0.4 is 15.6 Å². The molecule has 2 heterocycles. The fourth-order valence-corrected chi connectivity index (χ4v) is 3.91. The van der Waals surface area contributed by atoms with Gasteiger partial charge in [0, 0.05) is 0 Å². The lowest BCUT2D eigenvalue weighted by Gasteiger charge is -2.12. The van der Waals surface area contributed by atoms with E-state index in [1.807, 2.05) is 36.4 Å². The van der Waals surface area contributed by atoms with E-state index in [1.54, 1.807) is 55.7 Å². The number of para-hydroxylation sites is 2. The maximum absolute atomic E-state index is 13.3. The second kappa shape index (κ2) is 9.32. The van der Waals surface area contributed by atoms with Gasteiger partial charge in [-0.1, -0.05) is 42.5 Å². The number of hydrogen-bond acceptors (Lipinski definition) is 6. The largest absolute Gasteiger partial charge is 0.497 e. The zero-order chi connectivity index (χ0) is 24.4. The van der Waals surface area contributed by atoms with Crippen molar-refractivity contribution in [3.8, 4) is 11.4 Å². The summed E-state index contributed by atoms with van der Waals surface area (Å²) < 4.78 is 6.62. The molecule has 1 aliphatic heterocycles. The molecule has 4 aromatic rings. The number of fused-ring (bicyclic) bond motifs is 1. The van der Waals surface area contributed by atoms with Crippen molar-refractivity contribution in [2.75, 3.05) is 7.11 Å². The minimum atomic E-state index is -0.420. The first-order valence-corrected chi connectivity index (χ1v) is 11.1. The third kappa shape index (κ3) is 4.32. The molecule has 1 aliphatic rings. The highest BCUT2D eigenvalue weighted by atomic mass is 32.1. The Labute approximate surface area is 205 Å². The normalized spacial score (nSPS) is 14.8. The van der Waals surface area contributed by atoms with Crippen molar-refractivity contribution in [2.24, 2.45) is 5.10 Å². The van der Waals surface area contributed by atoms with Gasteiger partial charge < -0.3 is 10.1 Å². The van der Waals surface area contributed by atoms with Gasteiger partial charge in [-0.25, -0.2) is 4.98 Å². The lowest BCUT2D eigenvalue weighted by molar-refractivity contribution is -0.122. The zero-order valence-electron chi connectivity index (χ0n) is 18.6. The molecule has 1 N–H and O–H groups in total. The number of carbonyl (C=O) groups is 1. The SMILES string of the molecule is COc1ccc(/C=C2/NC(=S)N(/N=C/c3nc4ccccc4c(=O)n3-c3ccccc3)C2=O)cc1. The Kier molecular flexibility index (Phi) is 5.90. The second-order valence-electron chi connectivity index (χ2n) is 7.59. The van der Waals surface area contributed by atoms with E-state index >= 15 is 0 Å². The number of hydrogen-bond donors (Lipinski definition) is 1. The first kappa shape index (κ1) is 22.2. The van der Waals surface area contributed by atoms with Crippen LogP contribution in [0.25, 0.3) is 22.7 Å². The molecule has 35 heavy (non-hydrogen) atoms. The fraction of sp³-hybridized carbons (Fsp3) is 0.0385. The summed E-state index contributed by atoms with van der Waals surface area (Å²) in [7, 11) is 1.59. The van der Waals surface area contributed by atoms with Gasteiger partial charge in [0.05, 0.1) is 29.9 Å². The first-order valence-electron chi connectivity index (χ1n) is 10.7. The highest BCUT2D eigenvalue weighted by Crippen LogP contribution is 2.18. The van der Waals surface area contributed by atoms with Gasteiger partial charge in [0.25, 0.3) is 11.5 Å². The van der Waals surface area contributed by atoms with E-state index in [0.29, 0.717) is 22.3 Å². The summed E-state index contributed by atoms with van der Waals surface area (Å²) in [4.78, 5) is 30.9. The molecule has 1 aromatic heterocycles. The maximum atomic E-state index is 13.3. The molecule has 1 saturated heterocycles. The molecule has 8 nitrogen and oxygen atoms in total. The van der Waals surface area contributed by atoms with Gasteiger partial charge in [-0.2, -0.15) is 10.1 Å². The number of nitrogens with zero attached hydrogens (tertiary/aromatic N) is 4. The number of rotatable bonds is 5. The standard InChI is InChI=1S/C26H19N5O3S/c1-34-19-13-11-17(12-14-19)15-22-25(33)31(26(35)29-22)27-16-23-28-21-10-6-5-9-20(21)24(32)30(23)18-7-3-2-4-8-18/h2-16H,1H3,(H,29,35)/b22-15+,27-16+. The summed E-state index contributed by atoms with van der Waals surface area (Å²) in [5.41, 5.74) is 2.00. The van der Waals surface area contributed by atoms with E-state index in [-0.39, 0.29) is 22.2 Å². The van der Waals surface area contributed by atoms with Crippen LogP contribution in [0.15, 0.2) is 94.5 Å². The quantitative estimate of drug-likeness (QED) is 0.267. The Morgan fingerprint density at radius 3 is 2.43 bits per heavy atom. The number of aromatic nitrogens is 2. The Hall–Kier alpha value is -4.63. The van der Waals surface area contributed by atoms with E-state index < -0.39 is 5.91 Å². The number of carbonyl (C=O) groups excluding carboxylic acids is 1. The molecular weight excluding hydrogens is 462 g/mol. The molecular formula is C26H19N5O3S. The predicted molar refractivity (Wildman–Crippen MR) is 138 cm³/mol. The Bertz CT molecular complexity index is 1560. The molecule has 5 rings (SSSR count). The molecule has 0 atom stereocenters.